The second kappa shape index (κ2) is 7.88. The Morgan fingerprint density at radius 1 is 1.29 bits per heavy atom. The molecule has 1 aliphatic rings. The minimum Gasteiger partial charge on any atom is -0.379 e. The predicted molar refractivity (Wildman–Crippen MR) is 91.9 cm³/mol. The molecule has 0 bridgehead atoms. The molecule has 2 heterocycles. The number of nitrogens with zero attached hydrogens (tertiary/aromatic N) is 3. The molecule has 1 saturated heterocycles. The minimum atomic E-state index is 0.0581. The van der Waals surface area contributed by atoms with Crippen LogP contribution in [0.3, 0.4) is 0 Å². The van der Waals surface area contributed by atoms with Gasteiger partial charge >= 0.3 is 0 Å². The highest BCUT2D eigenvalue weighted by Gasteiger charge is 2.24. The molecule has 1 aromatic carbocycles. The highest BCUT2D eigenvalue weighted by atomic mass is 16.5. The molecular weight excluding hydrogens is 304 g/mol. The van der Waals surface area contributed by atoms with E-state index < -0.39 is 0 Å². The van der Waals surface area contributed by atoms with E-state index in [1.807, 2.05) is 42.3 Å². The van der Waals surface area contributed by atoms with Crippen molar-refractivity contribution in [2.75, 3.05) is 38.7 Å². The number of carbonyl (C=O) groups is 1. The zero-order chi connectivity index (χ0) is 16.8. The van der Waals surface area contributed by atoms with Gasteiger partial charge in [-0.05, 0) is 18.6 Å². The van der Waals surface area contributed by atoms with Crippen LogP contribution in [0.25, 0.3) is 0 Å². The second-order valence-corrected chi connectivity index (χ2v) is 5.91. The summed E-state index contributed by atoms with van der Waals surface area (Å²) in [6.07, 6.45) is 4.25. The summed E-state index contributed by atoms with van der Waals surface area (Å²) in [5.74, 6) is 1.02. The van der Waals surface area contributed by atoms with E-state index in [1.165, 1.54) is 0 Å². The van der Waals surface area contributed by atoms with E-state index in [2.05, 4.69) is 15.3 Å². The van der Waals surface area contributed by atoms with Gasteiger partial charge in [-0.3, -0.25) is 9.78 Å². The van der Waals surface area contributed by atoms with Crippen molar-refractivity contribution >= 4 is 11.7 Å². The number of rotatable bonds is 4. The van der Waals surface area contributed by atoms with Crippen LogP contribution in [0, 0.1) is 5.92 Å². The summed E-state index contributed by atoms with van der Waals surface area (Å²) in [5.41, 5.74) is 1.63. The number of aromatic nitrogens is 2. The second-order valence-electron chi connectivity index (χ2n) is 5.91. The molecule has 1 unspecified atom stereocenters. The van der Waals surface area contributed by atoms with Gasteiger partial charge in [-0.25, -0.2) is 4.98 Å². The summed E-state index contributed by atoms with van der Waals surface area (Å²) >= 11 is 0. The Kier molecular flexibility index (Phi) is 5.38. The van der Waals surface area contributed by atoms with Crippen LogP contribution >= 0.6 is 0 Å². The molecule has 1 N–H and O–H groups in total. The van der Waals surface area contributed by atoms with E-state index >= 15 is 0 Å². The number of anilines is 1. The third-order valence-electron chi connectivity index (χ3n) is 4.10. The van der Waals surface area contributed by atoms with Gasteiger partial charge in [-0.15, -0.1) is 0 Å². The number of carbonyl (C=O) groups excluding carboxylic acids is 1. The Labute approximate surface area is 141 Å². The van der Waals surface area contributed by atoms with Crippen LogP contribution in [0.1, 0.15) is 16.1 Å². The van der Waals surface area contributed by atoms with E-state index in [4.69, 9.17) is 4.74 Å². The molecule has 3 rings (SSSR count). The molecular formula is C18H22N4O2. The first-order valence-corrected chi connectivity index (χ1v) is 8.17. The Hall–Kier alpha value is -2.47. The van der Waals surface area contributed by atoms with Crippen molar-refractivity contribution in [3.63, 3.8) is 0 Å². The Bertz CT molecular complexity index is 660. The summed E-state index contributed by atoms with van der Waals surface area (Å²) in [6, 6.07) is 9.39. The lowest BCUT2D eigenvalue weighted by Crippen LogP contribution is -2.36. The Morgan fingerprint density at radius 2 is 2.12 bits per heavy atom. The molecule has 0 radical (unpaired) electrons. The quantitative estimate of drug-likeness (QED) is 0.929. The Balaban J connectivity index is 1.66. The zero-order valence-corrected chi connectivity index (χ0v) is 13.8. The van der Waals surface area contributed by atoms with Crippen LogP contribution in [-0.2, 0) is 11.2 Å². The normalized spacial score (nSPS) is 18.0. The van der Waals surface area contributed by atoms with Gasteiger partial charge in [0, 0.05) is 31.6 Å². The third kappa shape index (κ3) is 4.08. The average Bonchev–Trinajstić information content (AvgIpc) is 2.88. The smallest absolute Gasteiger partial charge is 0.253 e. The molecule has 126 valence electrons. The zero-order valence-electron chi connectivity index (χ0n) is 13.8. The van der Waals surface area contributed by atoms with Crippen LogP contribution < -0.4 is 5.32 Å². The SMILES string of the molecule is CNc1cnc(CC2COCCN(C(=O)c3ccccc3)C2)cn1. The summed E-state index contributed by atoms with van der Waals surface area (Å²) in [7, 11) is 1.82. The average molecular weight is 326 g/mol. The summed E-state index contributed by atoms with van der Waals surface area (Å²) in [4.78, 5) is 23.3. The minimum absolute atomic E-state index is 0.0581. The summed E-state index contributed by atoms with van der Waals surface area (Å²) in [6.45, 7) is 2.49. The van der Waals surface area contributed by atoms with E-state index in [0.717, 1.165) is 23.5 Å². The first-order valence-electron chi connectivity index (χ1n) is 8.17. The largest absolute Gasteiger partial charge is 0.379 e. The van der Waals surface area contributed by atoms with Crippen molar-refractivity contribution < 1.29 is 9.53 Å². The number of nitrogens with one attached hydrogen (secondary N) is 1. The maximum absolute atomic E-state index is 12.7. The highest BCUT2D eigenvalue weighted by Crippen LogP contribution is 2.15. The monoisotopic (exact) mass is 326 g/mol. The lowest BCUT2D eigenvalue weighted by atomic mass is 10.0. The van der Waals surface area contributed by atoms with Crippen LogP contribution in [0.5, 0.6) is 0 Å². The van der Waals surface area contributed by atoms with Gasteiger partial charge in [0.15, 0.2) is 0 Å². The lowest BCUT2D eigenvalue weighted by molar-refractivity contribution is 0.0737. The fourth-order valence-electron chi connectivity index (χ4n) is 2.84. The van der Waals surface area contributed by atoms with Crippen molar-refractivity contribution in [1.29, 1.82) is 0 Å². The molecule has 6 heteroatoms. The van der Waals surface area contributed by atoms with Gasteiger partial charge in [-0.2, -0.15) is 0 Å². The lowest BCUT2D eigenvalue weighted by Gasteiger charge is -2.23. The number of hydrogen-bond donors (Lipinski definition) is 1. The number of hydrogen-bond acceptors (Lipinski definition) is 5. The molecule has 0 spiro atoms. The van der Waals surface area contributed by atoms with Crippen molar-refractivity contribution in [3.05, 3.63) is 54.0 Å². The number of amides is 1. The van der Waals surface area contributed by atoms with E-state index in [9.17, 15) is 4.79 Å². The Morgan fingerprint density at radius 3 is 2.83 bits per heavy atom. The molecule has 1 aromatic heterocycles. The predicted octanol–water partition coefficient (Wildman–Crippen LogP) is 1.85. The topological polar surface area (TPSA) is 67.4 Å². The highest BCUT2D eigenvalue weighted by molar-refractivity contribution is 5.94. The first kappa shape index (κ1) is 16.4. The summed E-state index contributed by atoms with van der Waals surface area (Å²) < 4.78 is 5.69. The standard InChI is InChI=1S/C18H22N4O2/c1-19-17-11-20-16(10-21-17)9-14-12-22(7-8-24-13-14)18(23)15-5-3-2-4-6-15/h2-6,10-11,14H,7-9,12-13H2,1H3,(H,19,21). The van der Waals surface area contributed by atoms with Gasteiger partial charge in [0.1, 0.15) is 5.82 Å². The molecule has 6 nitrogen and oxygen atoms in total. The van der Waals surface area contributed by atoms with Gasteiger partial charge in [0.2, 0.25) is 0 Å². The van der Waals surface area contributed by atoms with Crippen molar-refractivity contribution in [1.82, 2.24) is 14.9 Å². The van der Waals surface area contributed by atoms with Gasteiger partial charge in [0.25, 0.3) is 5.91 Å². The molecule has 2 aromatic rings. The molecule has 1 aliphatic heterocycles. The van der Waals surface area contributed by atoms with Crippen LogP contribution in [0.15, 0.2) is 42.7 Å². The van der Waals surface area contributed by atoms with Crippen molar-refractivity contribution in [3.8, 4) is 0 Å². The summed E-state index contributed by atoms with van der Waals surface area (Å²) in [5, 5.41) is 2.96. The molecule has 24 heavy (non-hydrogen) atoms. The molecule has 1 atom stereocenters. The van der Waals surface area contributed by atoms with Gasteiger partial charge in [0.05, 0.1) is 31.3 Å². The number of benzene rings is 1. The molecule has 1 amide bonds. The molecule has 0 saturated carbocycles. The number of ether oxygens (including phenoxy) is 1. The van der Waals surface area contributed by atoms with Crippen molar-refractivity contribution in [2.45, 2.75) is 6.42 Å². The van der Waals surface area contributed by atoms with E-state index in [1.54, 1.807) is 12.4 Å². The fourth-order valence-corrected chi connectivity index (χ4v) is 2.84. The van der Waals surface area contributed by atoms with Gasteiger partial charge in [-0.1, -0.05) is 18.2 Å². The molecule has 1 fully saturated rings. The van der Waals surface area contributed by atoms with E-state index in [-0.39, 0.29) is 11.8 Å². The molecule has 0 aliphatic carbocycles. The maximum Gasteiger partial charge on any atom is 0.253 e. The first-order chi connectivity index (χ1) is 11.8. The van der Waals surface area contributed by atoms with Crippen LogP contribution in [0.4, 0.5) is 5.82 Å². The van der Waals surface area contributed by atoms with Crippen LogP contribution in [-0.4, -0.2) is 54.1 Å². The van der Waals surface area contributed by atoms with E-state index in [0.29, 0.717) is 26.3 Å². The maximum atomic E-state index is 12.7. The van der Waals surface area contributed by atoms with Crippen molar-refractivity contribution in [2.24, 2.45) is 5.92 Å². The fraction of sp³-hybridized carbons (Fsp3) is 0.389. The van der Waals surface area contributed by atoms with Gasteiger partial charge < -0.3 is 15.0 Å². The van der Waals surface area contributed by atoms with Crippen LogP contribution in [0.2, 0.25) is 0 Å². The third-order valence-corrected chi connectivity index (χ3v) is 4.10.